The van der Waals surface area contributed by atoms with E-state index in [0.717, 1.165) is 22.4 Å². The first-order chi connectivity index (χ1) is 8.78. The molecule has 1 aliphatic heterocycles. The third-order valence-corrected chi connectivity index (χ3v) is 3.70. The van der Waals surface area contributed by atoms with Crippen molar-refractivity contribution < 1.29 is 9.53 Å². The summed E-state index contributed by atoms with van der Waals surface area (Å²) in [5.74, 6) is 0.847. The van der Waals surface area contributed by atoms with E-state index in [1.165, 1.54) is 0 Å². The van der Waals surface area contributed by atoms with Crippen LogP contribution in [0.2, 0.25) is 0 Å². The first-order valence-electron chi connectivity index (χ1n) is 6.49. The third-order valence-electron chi connectivity index (χ3n) is 3.15. The summed E-state index contributed by atoms with van der Waals surface area (Å²) in [4.78, 5) is 21.7. The fraction of sp³-hybridized carbons (Fsp3) is 0.692. The number of H-pyrrole nitrogens is 1. The Balaban J connectivity index is 2.18. The van der Waals surface area contributed by atoms with Gasteiger partial charge in [-0.2, -0.15) is 0 Å². The van der Waals surface area contributed by atoms with Crippen LogP contribution in [0.4, 0.5) is 4.79 Å². The maximum absolute atomic E-state index is 12.3. The van der Waals surface area contributed by atoms with Gasteiger partial charge in [0.05, 0.1) is 15.9 Å². The topological polar surface area (TPSA) is 58.2 Å². The summed E-state index contributed by atoms with van der Waals surface area (Å²) in [6, 6.07) is 0.177. The zero-order valence-electron chi connectivity index (χ0n) is 11.7. The van der Waals surface area contributed by atoms with Gasteiger partial charge in [-0.3, -0.25) is 4.90 Å². The number of hydrogen-bond donors (Lipinski definition) is 1. The highest BCUT2D eigenvalue weighted by molar-refractivity contribution is 14.1. The Morgan fingerprint density at radius 2 is 2.21 bits per heavy atom. The van der Waals surface area contributed by atoms with Gasteiger partial charge in [0.1, 0.15) is 11.4 Å². The van der Waals surface area contributed by atoms with E-state index in [2.05, 4.69) is 39.5 Å². The number of carbonyl (C=O) groups is 1. The van der Waals surface area contributed by atoms with Crippen LogP contribution in [0.5, 0.6) is 0 Å². The smallest absolute Gasteiger partial charge is 0.411 e. The summed E-state index contributed by atoms with van der Waals surface area (Å²) in [6.45, 7) is 7.71. The summed E-state index contributed by atoms with van der Waals surface area (Å²) in [5, 5.41) is 0. The average molecular weight is 377 g/mol. The van der Waals surface area contributed by atoms with Crippen molar-refractivity contribution in [3.8, 4) is 0 Å². The highest BCUT2D eigenvalue weighted by Crippen LogP contribution is 2.35. The molecule has 106 valence electrons. The lowest BCUT2D eigenvalue weighted by atomic mass is 10.2. The summed E-state index contributed by atoms with van der Waals surface area (Å²) >= 11 is 2.19. The Labute approximate surface area is 127 Å². The number of aromatic amines is 1. The monoisotopic (exact) mass is 377 g/mol. The van der Waals surface area contributed by atoms with E-state index >= 15 is 0 Å². The zero-order chi connectivity index (χ0) is 14.2. The van der Waals surface area contributed by atoms with Gasteiger partial charge in [0, 0.05) is 6.04 Å². The summed E-state index contributed by atoms with van der Waals surface area (Å²) in [7, 11) is 0. The molecule has 0 unspecified atom stereocenters. The first-order valence-corrected chi connectivity index (χ1v) is 7.57. The number of rotatable bonds is 1. The fourth-order valence-electron chi connectivity index (χ4n) is 2.36. The molecule has 5 nitrogen and oxygen atoms in total. The van der Waals surface area contributed by atoms with Crippen LogP contribution in [-0.2, 0) is 4.74 Å². The Morgan fingerprint density at radius 1 is 1.53 bits per heavy atom. The number of nitrogens with one attached hydrogen (secondary N) is 1. The number of halogens is 1. The number of amides is 1. The van der Waals surface area contributed by atoms with Gasteiger partial charge in [-0.15, -0.1) is 0 Å². The lowest BCUT2D eigenvalue weighted by Gasteiger charge is -2.30. The lowest BCUT2D eigenvalue weighted by molar-refractivity contribution is 0.0151. The minimum absolute atomic E-state index is 0.00614. The molecule has 2 rings (SSSR count). The molecule has 19 heavy (non-hydrogen) atoms. The van der Waals surface area contributed by atoms with Crippen molar-refractivity contribution in [2.45, 2.75) is 58.2 Å². The van der Waals surface area contributed by atoms with Crippen LogP contribution in [-0.4, -0.2) is 32.6 Å². The lowest BCUT2D eigenvalue weighted by Crippen LogP contribution is -2.40. The molecule has 0 spiro atoms. The SMILES string of the molecule is C[C@H]1CC[C@@H](c2ncc(I)[nH]2)N1C(=O)OC(C)(C)C. The van der Waals surface area contributed by atoms with Gasteiger partial charge in [-0.25, -0.2) is 9.78 Å². The van der Waals surface area contributed by atoms with Gasteiger partial charge >= 0.3 is 6.09 Å². The van der Waals surface area contributed by atoms with Gasteiger partial charge in [0.25, 0.3) is 0 Å². The molecule has 0 aromatic carbocycles. The van der Waals surface area contributed by atoms with Crippen molar-refractivity contribution in [3.63, 3.8) is 0 Å². The van der Waals surface area contributed by atoms with Gasteiger partial charge in [-0.1, -0.05) is 0 Å². The number of carbonyl (C=O) groups excluding carboxylic acids is 1. The van der Waals surface area contributed by atoms with Gasteiger partial charge in [-0.05, 0) is 63.1 Å². The quantitative estimate of drug-likeness (QED) is 0.763. The van der Waals surface area contributed by atoms with Crippen molar-refractivity contribution in [2.24, 2.45) is 0 Å². The van der Waals surface area contributed by atoms with Crippen molar-refractivity contribution in [1.82, 2.24) is 14.9 Å². The highest BCUT2D eigenvalue weighted by Gasteiger charge is 2.39. The van der Waals surface area contributed by atoms with Crippen molar-refractivity contribution in [3.05, 3.63) is 15.7 Å². The number of imidazole rings is 1. The molecular weight excluding hydrogens is 357 g/mol. The normalized spacial score (nSPS) is 23.7. The number of ether oxygens (including phenoxy) is 1. The predicted molar refractivity (Wildman–Crippen MR) is 80.8 cm³/mol. The summed E-state index contributed by atoms with van der Waals surface area (Å²) in [6.07, 6.45) is 3.42. The minimum Gasteiger partial charge on any atom is -0.444 e. The van der Waals surface area contributed by atoms with E-state index in [4.69, 9.17) is 4.74 Å². The van der Waals surface area contributed by atoms with Gasteiger partial charge in [0.15, 0.2) is 0 Å². The third kappa shape index (κ3) is 3.40. The molecule has 1 saturated heterocycles. The highest BCUT2D eigenvalue weighted by atomic mass is 127. The average Bonchev–Trinajstić information content (AvgIpc) is 2.81. The van der Waals surface area contributed by atoms with Crippen LogP contribution in [0.15, 0.2) is 6.20 Å². The van der Waals surface area contributed by atoms with Crippen LogP contribution in [0.3, 0.4) is 0 Å². The van der Waals surface area contributed by atoms with Crippen molar-refractivity contribution >= 4 is 28.7 Å². The molecule has 6 heteroatoms. The van der Waals surface area contributed by atoms with Gasteiger partial charge in [0.2, 0.25) is 0 Å². The molecule has 2 heterocycles. The van der Waals surface area contributed by atoms with Crippen molar-refractivity contribution in [1.29, 1.82) is 0 Å². The first kappa shape index (κ1) is 14.6. The van der Waals surface area contributed by atoms with E-state index in [-0.39, 0.29) is 18.2 Å². The molecule has 1 N–H and O–H groups in total. The zero-order valence-corrected chi connectivity index (χ0v) is 13.9. The second-order valence-electron chi connectivity index (χ2n) is 5.95. The maximum atomic E-state index is 12.3. The molecule has 1 aliphatic rings. The second-order valence-corrected chi connectivity index (χ2v) is 7.11. The van der Waals surface area contributed by atoms with E-state index in [1.807, 2.05) is 20.8 Å². The molecule has 1 amide bonds. The Hall–Kier alpha value is -0.790. The van der Waals surface area contributed by atoms with Crippen LogP contribution in [0, 0.1) is 3.70 Å². The summed E-state index contributed by atoms with van der Waals surface area (Å²) in [5.41, 5.74) is -0.471. The molecule has 2 atom stereocenters. The van der Waals surface area contributed by atoms with Crippen LogP contribution >= 0.6 is 22.6 Å². The van der Waals surface area contributed by atoms with E-state index < -0.39 is 5.60 Å². The number of nitrogens with zero attached hydrogens (tertiary/aromatic N) is 2. The number of aromatic nitrogens is 2. The van der Waals surface area contributed by atoms with Gasteiger partial charge < -0.3 is 9.72 Å². The van der Waals surface area contributed by atoms with E-state index in [9.17, 15) is 4.79 Å². The predicted octanol–water partition coefficient (Wildman–Crippen LogP) is 3.47. The Morgan fingerprint density at radius 3 is 2.74 bits per heavy atom. The fourth-order valence-corrected chi connectivity index (χ4v) is 2.77. The summed E-state index contributed by atoms with van der Waals surface area (Å²) < 4.78 is 6.48. The Kier molecular flexibility index (Phi) is 4.08. The van der Waals surface area contributed by atoms with E-state index in [1.54, 1.807) is 11.1 Å². The van der Waals surface area contributed by atoms with Crippen LogP contribution in [0.25, 0.3) is 0 Å². The molecule has 0 aliphatic carbocycles. The maximum Gasteiger partial charge on any atom is 0.411 e. The minimum atomic E-state index is -0.471. The van der Waals surface area contributed by atoms with Crippen LogP contribution < -0.4 is 0 Å². The molecule has 1 aromatic heterocycles. The molecule has 1 fully saturated rings. The molecule has 0 bridgehead atoms. The molecule has 0 saturated carbocycles. The van der Waals surface area contributed by atoms with E-state index in [0.29, 0.717) is 0 Å². The van der Waals surface area contributed by atoms with Crippen LogP contribution in [0.1, 0.15) is 52.4 Å². The Bertz CT molecular complexity index is 467. The largest absolute Gasteiger partial charge is 0.444 e. The molecular formula is C13H20IN3O2. The standard InChI is InChI=1S/C13H20IN3O2/c1-8-5-6-9(11-15-7-10(14)16-11)17(8)12(18)19-13(2,3)4/h7-9H,5-6H2,1-4H3,(H,15,16)/t8-,9-/m0/s1. The van der Waals surface area contributed by atoms with Crippen molar-refractivity contribution in [2.75, 3.05) is 0 Å². The second kappa shape index (κ2) is 5.30. The molecule has 1 aromatic rings. The number of likely N-dealkylation sites (tertiary alicyclic amines) is 1. The number of hydrogen-bond acceptors (Lipinski definition) is 3. The molecule has 0 radical (unpaired) electrons.